The number of hydrogen-bond donors (Lipinski definition) is 0. The van der Waals surface area contributed by atoms with Crippen LogP contribution in [0.1, 0.15) is 55.8 Å². The summed E-state index contributed by atoms with van der Waals surface area (Å²) in [5.74, 6) is 0.571. The highest BCUT2D eigenvalue weighted by atomic mass is 16.5. The molecule has 2 unspecified atom stereocenters. The number of nitrogens with zero attached hydrogens (tertiary/aromatic N) is 1. The molecule has 2 aromatic rings. The Balaban J connectivity index is 1.36. The van der Waals surface area contributed by atoms with Crippen LogP contribution in [0.25, 0.3) is 10.8 Å². The van der Waals surface area contributed by atoms with Crippen molar-refractivity contribution in [2.75, 3.05) is 13.1 Å². The fraction of sp³-hybridized carbons (Fsp3) is 0.500. The van der Waals surface area contributed by atoms with Gasteiger partial charge in [0.05, 0.1) is 5.92 Å². The number of piperidine rings is 1. The lowest BCUT2D eigenvalue weighted by atomic mass is 9.88. The molecule has 2 aromatic carbocycles. The van der Waals surface area contributed by atoms with E-state index in [2.05, 4.69) is 6.92 Å². The molecule has 0 spiro atoms. The highest BCUT2D eigenvalue weighted by Crippen LogP contribution is 2.28. The largest absolute Gasteiger partial charge is 0.462 e. The van der Waals surface area contributed by atoms with Crippen molar-refractivity contribution in [3.8, 4) is 0 Å². The first-order valence-corrected chi connectivity index (χ1v) is 10.6. The zero-order chi connectivity index (χ0) is 19.5. The predicted octanol–water partition coefficient (Wildman–Crippen LogP) is 4.81. The molecule has 1 aliphatic heterocycles. The molecule has 1 aliphatic carbocycles. The van der Waals surface area contributed by atoms with Crippen molar-refractivity contribution < 1.29 is 14.3 Å². The van der Waals surface area contributed by atoms with Crippen LogP contribution in [-0.4, -0.2) is 36.0 Å². The molecular formula is C24H29NO3. The van der Waals surface area contributed by atoms with Gasteiger partial charge < -0.3 is 9.64 Å². The molecule has 28 heavy (non-hydrogen) atoms. The summed E-state index contributed by atoms with van der Waals surface area (Å²) in [5.41, 5.74) is 0.746. The molecule has 1 saturated heterocycles. The first kappa shape index (κ1) is 19.0. The van der Waals surface area contributed by atoms with Gasteiger partial charge in [0.25, 0.3) is 5.91 Å². The SMILES string of the molecule is CC1CCCC(OC(=O)C2CCN(C(=O)c3cccc4ccccc34)CC2)C1. The summed E-state index contributed by atoms with van der Waals surface area (Å²) in [4.78, 5) is 27.5. The van der Waals surface area contributed by atoms with Gasteiger partial charge in [-0.3, -0.25) is 9.59 Å². The third kappa shape index (κ3) is 4.06. The van der Waals surface area contributed by atoms with Crippen LogP contribution >= 0.6 is 0 Å². The molecule has 0 aromatic heterocycles. The van der Waals surface area contributed by atoms with Crippen LogP contribution in [0.2, 0.25) is 0 Å². The van der Waals surface area contributed by atoms with Crippen molar-refractivity contribution >= 4 is 22.6 Å². The van der Waals surface area contributed by atoms with E-state index in [1.54, 1.807) is 0 Å². The maximum atomic E-state index is 13.1. The predicted molar refractivity (Wildman–Crippen MR) is 110 cm³/mol. The molecule has 148 valence electrons. The molecule has 0 bridgehead atoms. The zero-order valence-electron chi connectivity index (χ0n) is 16.6. The van der Waals surface area contributed by atoms with Crippen molar-refractivity contribution in [3.05, 3.63) is 48.0 Å². The van der Waals surface area contributed by atoms with E-state index in [4.69, 9.17) is 4.74 Å². The second-order valence-electron chi connectivity index (χ2n) is 8.42. The quantitative estimate of drug-likeness (QED) is 0.719. The summed E-state index contributed by atoms with van der Waals surface area (Å²) < 4.78 is 5.80. The number of hydrogen-bond acceptors (Lipinski definition) is 3. The third-order valence-corrected chi connectivity index (χ3v) is 6.31. The first-order chi connectivity index (χ1) is 13.6. The van der Waals surface area contributed by atoms with Crippen LogP contribution in [0.3, 0.4) is 0 Å². The number of ether oxygens (including phenoxy) is 1. The van der Waals surface area contributed by atoms with Crippen molar-refractivity contribution in [2.24, 2.45) is 11.8 Å². The average Bonchev–Trinajstić information content (AvgIpc) is 2.73. The number of rotatable bonds is 3. The van der Waals surface area contributed by atoms with Crippen molar-refractivity contribution in [3.63, 3.8) is 0 Å². The van der Waals surface area contributed by atoms with E-state index in [0.29, 0.717) is 31.8 Å². The number of carbonyl (C=O) groups excluding carboxylic acids is 2. The lowest BCUT2D eigenvalue weighted by Crippen LogP contribution is -2.41. The fourth-order valence-corrected chi connectivity index (χ4v) is 4.65. The van der Waals surface area contributed by atoms with Gasteiger partial charge in [0.1, 0.15) is 6.10 Å². The summed E-state index contributed by atoms with van der Waals surface area (Å²) >= 11 is 0. The van der Waals surface area contributed by atoms with Gasteiger partial charge in [-0.2, -0.15) is 0 Å². The van der Waals surface area contributed by atoms with Crippen LogP contribution in [0.5, 0.6) is 0 Å². The van der Waals surface area contributed by atoms with Gasteiger partial charge in [0.15, 0.2) is 0 Å². The number of esters is 1. The normalized spacial score (nSPS) is 23.5. The minimum absolute atomic E-state index is 0.0589. The third-order valence-electron chi connectivity index (χ3n) is 6.31. The Bertz CT molecular complexity index is 849. The molecule has 2 aliphatic rings. The maximum absolute atomic E-state index is 13.1. The van der Waals surface area contributed by atoms with Gasteiger partial charge >= 0.3 is 5.97 Å². The van der Waals surface area contributed by atoms with Gasteiger partial charge in [-0.05, 0) is 54.9 Å². The summed E-state index contributed by atoms with van der Waals surface area (Å²) in [6.07, 6.45) is 5.85. The van der Waals surface area contributed by atoms with E-state index < -0.39 is 0 Å². The van der Waals surface area contributed by atoms with Crippen LogP contribution in [0, 0.1) is 11.8 Å². The van der Waals surface area contributed by atoms with Crippen LogP contribution in [0.4, 0.5) is 0 Å². The van der Waals surface area contributed by atoms with Crippen LogP contribution in [0.15, 0.2) is 42.5 Å². The lowest BCUT2D eigenvalue weighted by Gasteiger charge is -2.33. The van der Waals surface area contributed by atoms with Gasteiger partial charge in [-0.1, -0.05) is 49.7 Å². The smallest absolute Gasteiger partial charge is 0.309 e. The molecule has 0 radical (unpaired) electrons. The van der Waals surface area contributed by atoms with E-state index in [-0.39, 0.29) is 23.9 Å². The Morgan fingerprint density at radius 1 is 0.964 bits per heavy atom. The molecular weight excluding hydrogens is 350 g/mol. The van der Waals surface area contributed by atoms with Crippen LogP contribution in [-0.2, 0) is 9.53 Å². The highest BCUT2D eigenvalue weighted by molar-refractivity contribution is 6.07. The van der Waals surface area contributed by atoms with E-state index in [9.17, 15) is 9.59 Å². The molecule has 1 heterocycles. The molecule has 4 rings (SSSR count). The highest BCUT2D eigenvalue weighted by Gasteiger charge is 2.31. The van der Waals surface area contributed by atoms with Crippen molar-refractivity contribution in [2.45, 2.75) is 51.6 Å². The minimum Gasteiger partial charge on any atom is -0.462 e. The van der Waals surface area contributed by atoms with Gasteiger partial charge in [-0.15, -0.1) is 0 Å². The van der Waals surface area contributed by atoms with E-state index in [1.807, 2.05) is 47.4 Å². The standard InChI is InChI=1S/C24H29NO3/c1-17-6-4-9-20(16-17)28-24(27)19-12-14-25(15-13-19)23(26)22-11-5-8-18-7-2-3-10-21(18)22/h2-3,5,7-8,10-11,17,19-20H,4,6,9,12-16H2,1H3. The number of benzene rings is 2. The lowest BCUT2D eigenvalue weighted by molar-refractivity contribution is -0.157. The van der Waals surface area contributed by atoms with Crippen molar-refractivity contribution in [1.29, 1.82) is 0 Å². The summed E-state index contributed by atoms with van der Waals surface area (Å²) in [6.45, 7) is 3.46. The minimum atomic E-state index is -0.0752. The van der Waals surface area contributed by atoms with E-state index in [0.717, 1.165) is 35.6 Å². The van der Waals surface area contributed by atoms with E-state index >= 15 is 0 Å². The molecule has 1 saturated carbocycles. The second-order valence-corrected chi connectivity index (χ2v) is 8.42. The molecule has 1 amide bonds. The average molecular weight is 380 g/mol. The molecule has 4 heteroatoms. The summed E-state index contributed by atoms with van der Waals surface area (Å²) in [7, 11) is 0. The van der Waals surface area contributed by atoms with E-state index in [1.165, 1.54) is 6.42 Å². The number of carbonyl (C=O) groups is 2. The van der Waals surface area contributed by atoms with Gasteiger partial charge in [0, 0.05) is 18.7 Å². The first-order valence-electron chi connectivity index (χ1n) is 10.6. The fourth-order valence-electron chi connectivity index (χ4n) is 4.65. The number of fused-ring (bicyclic) bond motifs is 1. The Hall–Kier alpha value is -2.36. The Morgan fingerprint density at radius 3 is 2.50 bits per heavy atom. The second kappa shape index (κ2) is 8.34. The maximum Gasteiger partial charge on any atom is 0.309 e. The topological polar surface area (TPSA) is 46.6 Å². The van der Waals surface area contributed by atoms with Crippen molar-refractivity contribution in [1.82, 2.24) is 4.90 Å². The number of amides is 1. The van der Waals surface area contributed by atoms with Crippen LogP contribution < -0.4 is 0 Å². The monoisotopic (exact) mass is 379 g/mol. The van der Waals surface area contributed by atoms with Gasteiger partial charge in [0.2, 0.25) is 0 Å². The van der Waals surface area contributed by atoms with Gasteiger partial charge in [-0.25, -0.2) is 0 Å². The Morgan fingerprint density at radius 2 is 1.71 bits per heavy atom. The Labute approximate surface area is 166 Å². The molecule has 2 atom stereocenters. The molecule has 0 N–H and O–H groups in total. The molecule has 2 fully saturated rings. The Kier molecular flexibility index (Phi) is 5.65. The number of likely N-dealkylation sites (tertiary alicyclic amines) is 1. The summed E-state index contributed by atoms with van der Waals surface area (Å²) in [6, 6.07) is 13.8. The summed E-state index contributed by atoms with van der Waals surface area (Å²) in [5, 5.41) is 2.07. The zero-order valence-corrected chi connectivity index (χ0v) is 16.6. The molecule has 4 nitrogen and oxygen atoms in total.